The highest BCUT2D eigenvalue weighted by molar-refractivity contribution is 5.53. The minimum atomic E-state index is 0.195. The van der Waals surface area contributed by atoms with Crippen molar-refractivity contribution >= 4 is 0 Å². The number of benzene rings is 2. The van der Waals surface area contributed by atoms with Crippen LogP contribution in [0.2, 0.25) is 0 Å². The third kappa shape index (κ3) is 3.02. The van der Waals surface area contributed by atoms with E-state index in [1.807, 2.05) is 54.6 Å². The van der Waals surface area contributed by atoms with Gasteiger partial charge in [0.05, 0.1) is 7.11 Å². The molecule has 0 amide bonds. The van der Waals surface area contributed by atoms with Crippen molar-refractivity contribution in [1.82, 2.24) is 10.1 Å². The van der Waals surface area contributed by atoms with Crippen molar-refractivity contribution in [2.75, 3.05) is 7.11 Å². The largest absolute Gasteiger partial charge is 0.493 e. The van der Waals surface area contributed by atoms with Crippen molar-refractivity contribution in [2.24, 2.45) is 0 Å². The minimum absolute atomic E-state index is 0.195. The lowest BCUT2D eigenvalue weighted by Gasteiger charge is -2.07. The van der Waals surface area contributed by atoms with Gasteiger partial charge in [-0.25, -0.2) is 0 Å². The highest BCUT2D eigenvalue weighted by atomic mass is 16.5. The van der Waals surface area contributed by atoms with E-state index in [1.165, 1.54) is 0 Å². The molecule has 2 aromatic carbocycles. The molecule has 0 fully saturated rings. The summed E-state index contributed by atoms with van der Waals surface area (Å²) in [5.74, 6) is 2.27. The number of hydrogen-bond acceptors (Lipinski definition) is 5. The number of para-hydroxylation sites is 2. The van der Waals surface area contributed by atoms with Crippen molar-refractivity contribution in [3.8, 4) is 22.9 Å². The van der Waals surface area contributed by atoms with Crippen molar-refractivity contribution in [3.63, 3.8) is 0 Å². The van der Waals surface area contributed by atoms with E-state index in [0.29, 0.717) is 23.2 Å². The Morgan fingerprint density at radius 3 is 2.43 bits per heavy atom. The molecule has 0 aliphatic heterocycles. The summed E-state index contributed by atoms with van der Waals surface area (Å²) < 4.78 is 16.0. The molecule has 5 nitrogen and oxygen atoms in total. The van der Waals surface area contributed by atoms with Crippen LogP contribution < -0.4 is 9.47 Å². The lowest BCUT2D eigenvalue weighted by molar-refractivity contribution is 0.233. The van der Waals surface area contributed by atoms with Gasteiger partial charge in [0.2, 0.25) is 5.82 Å². The van der Waals surface area contributed by atoms with Crippen LogP contribution in [0.5, 0.6) is 11.5 Å². The molecule has 106 valence electrons. The van der Waals surface area contributed by atoms with Gasteiger partial charge in [-0.2, -0.15) is 4.98 Å². The number of aromatic nitrogens is 2. The highest BCUT2D eigenvalue weighted by Crippen LogP contribution is 2.26. The monoisotopic (exact) mass is 282 g/mol. The molecule has 3 aromatic rings. The Morgan fingerprint density at radius 1 is 0.952 bits per heavy atom. The fraction of sp³-hybridized carbons (Fsp3) is 0.125. The molecule has 0 saturated carbocycles. The van der Waals surface area contributed by atoms with Crippen LogP contribution in [0.15, 0.2) is 59.1 Å². The molecule has 0 N–H and O–H groups in total. The van der Waals surface area contributed by atoms with Gasteiger partial charge < -0.3 is 14.0 Å². The number of hydrogen-bond donors (Lipinski definition) is 0. The zero-order valence-corrected chi connectivity index (χ0v) is 11.5. The summed E-state index contributed by atoms with van der Waals surface area (Å²) in [7, 11) is 1.60. The number of rotatable bonds is 5. The quantitative estimate of drug-likeness (QED) is 0.718. The van der Waals surface area contributed by atoms with Crippen LogP contribution in [0, 0.1) is 0 Å². The van der Waals surface area contributed by atoms with E-state index in [4.69, 9.17) is 14.0 Å². The van der Waals surface area contributed by atoms with Gasteiger partial charge in [0.25, 0.3) is 5.89 Å². The molecule has 1 heterocycles. The molecule has 5 heteroatoms. The third-order valence-electron chi connectivity index (χ3n) is 2.92. The predicted molar refractivity (Wildman–Crippen MR) is 77.1 cm³/mol. The lowest BCUT2D eigenvalue weighted by Crippen LogP contribution is -1.97. The smallest absolute Gasteiger partial charge is 0.264 e. The van der Waals surface area contributed by atoms with Gasteiger partial charge in [-0.1, -0.05) is 47.6 Å². The Bertz CT molecular complexity index is 710. The molecule has 21 heavy (non-hydrogen) atoms. The molecular formula is C16H14N2O3. The van der Waals surface area contributed by atoms with Crippen LogP contribution in [0.4, 0.5) is 0 Å². The first-order valence-corrected chi connectivity index (χ1v) is 6.50. The minimum Gasteiger partial charge on any atom is -0.493 e. The average molecular weight is 282 g/mol. The Morgan fingerprint density at radius 2 is 1.67 bits per heavy atom. The van der Waals surface area contributed by atoms with E-state index in [0.717, 1.165) is 5.56 Å². The van der Waals surface area contributed by atoms with Gasteiger partial charge in [-0.3, -0.25) is 0 Å². The molecule has 0 aliphatic carbocycles. The van der Waals surface area contributed by atoms with Crippen molar-refractivity contribution in [2.45, 2.75) is 6.61 Å². The standard InChI is InChI=1S/C16H14N2O3/c1-19-13-9-5-6-10-14(13)20-11-15-17-16(18-21-15)12-7-3-2-4-8-12/h2-10H,11H2,1H3. The summed E-state index contributed by atoms with van der Waals surface area (Å²) in [4.78, 5) is 4.31. The molecule has 0 atom stereocenters. The number of ether oxygens (including phenoxy) is 2. The molecule has 1 aromatic heterocycles. The zero-order chi connectivity index (χ0) is 14.5. The lowest BCUT2D eigenvalue weighted by atomic mass is 10.2. The summed E-state index contributed by atoms with van der Waals surface area (Å²) in [6, 6.07) is 17.1. The normalized spacial score (nSPS) is 10.3. The first-order chi connectivity index (χ1) is 10.4. The van der Waals surface area contributed by atoms with Crippen molar-refractivity contribution in [3.05, 3.63) is 60.5 Å². The van der Waals surface area contributed by atoms with Crippen LogP contribution in [-0.4, -0.2) is 17.3 Å². The summed E-state index contributed by atoms with van der Waals surface area (Å²) in [6.07, 6.45) is 0. The first kappa shape index (κ1) is 13.2. The van der Waals surface area contributed by atoms with E-state index >= 15 is 0 Å². The van der Waals surface area contributed by atoms with E-state index in [1.54, 1.807) is 7.11 Å². The second-order valence-corrected chi connectivity index (χ2v) is 4.32. The summed E-state index contributed by atoms with van der Waals surface area (Å²) in [5.41, 5.74) is 0.907. The summed E-state index contributed by atoms with van der Waals surface area (Å²) >= 11 is 0. The van der Waals surface area contributed by atoms with Crippen LogP contribution in [0.3, 0.4) is 0 Å². The summed E-state index contributed by atoms with van der Waals surface area (Å²) in [5, 5.41) is 3.94. The van der Waals surface area contributed by atoms with Crippen LogP contribution in [-0.2, 0) is 6.61 Å². The van der Waals surface area contributed by atoms with E-state index in [9.17, 15) is 0 Å². The molecule has 0 unspecified atom stereocenters. The average Bonchev–Trinajstić information content (AvgIpc) is 3.03. The van der Waals surface area contributed by atoms with Gasteiger partial charge in [0.15, 0.2) is 18.1 Å². The Labute approximate surface area is 122 Å². The maximum atomic E-state index is 5.64. The molecule has 0 bridgehead atoms. The SMILES string of the molecule is COc1ccccc1OCc1nc(-c2ccccc2)no1. The second kappa shape index (κ2) is 6.09. The van der Waals surface area contributed by atoms with E-state index in [-0.39, 0.29) is 6.61 Å². The molecule has 0 saturated heterocycles. The Hall–Kier alpha value is -2.82. The number of nitrogens with zero attached hydrogens (tertiary/aromatic N) is 2. The van der Waals surface area contributed by atoms with Crippen LogP contribution in [0.1, 0.15) is 5.89 Å². The maximum absolute atomic E-state index is 5.64. The highest BCUT2D eigenvalue weighted by Gasteiger charge is 2.10. The predicted octanol–water partition coefficient (Wildman–Crippen LogP) is 3.32. The van der Waals surface area contributed by atoms with Gasteiger partial charge in [0, 0.05) is 5.56 Å². The van der Waals surface area contributed by atoms with Gasteiger partial charge in [-0.05, 0) is 12.1 Å². The third-order valence-corrected chi connectivity index (χ3v) is 2.92. The second-order valence-electron chi connectivity index (χ2n) is 4.32. The molecule has 0 aliphatic rings. The topological polar surface area (TPSA) is 57.4 Å². The molecular weight excluding hydrogens is 268 g/mol. The van der Waals surface area contributed by atoms with Gasteiger partial charge in [0.1, 0.15) is 0 Å². The number of methoxy groups -OCH3 is 1. The Balaban J connectivity index is 1.71. The first-order valence-electron chi connectivity index (χ1n) is 6.50. The fourth-order valence-corrected chi connectivity index (χ4v) is 1.90. The fourth-order valence-electron chi connectivity index (χ4n) is 1.90. The molecule has 0 radical (unpaired) electrons. The Kier molecular flexibility index (Phi) is 3.82. The molecule has 0 spiro atoms. The zero-order valence-electron chi connectivity index (χ0n) is 11.5. The summed E-state index contributed by atoms with van der Waals surface area (Å²) in [6.45, 7) is 0.195. The van der Waals surface area contributed by atoms with Crippen molar-refractivity contribution in [1.29, 1.82) is 0 Å². The van der Waals surface area contributed by atoms with Crippen LogP contribution >= 0.6 is 0 Å². The van der Waals surface area contributed by atoms with Gasteiger partial charge >= 0.3 is 0 Å². The van der Waals surface area contributed by atoms with Gasteiger partial charge in [-0.15, -0.1) is 0 Å². The van der Waals surface area contributed by atoms with Crippen LogP contribution in [0.25, 0.3) is 11.4 Å². The van der Waals surface area contributed by atoms with Crippen molar-refractivity contribution < 1.29 is 14.0 Å². The van der Waals surface area contributed by atoms with E-state index in [2.05, 4.69) is 10.1 Å². The maximum Gasteiger partial charge on any atom is 0.264 e. The molecule has 3 rings (SSSR count). The van der Waals surface area contributed by atoms with E-state index < -0.39 is 0 Å².